The van der Waals surface area contributed by atoms with Gasteiger partial charge in [-0.3, -0.25) is 4.79 Å². The molecule has 0 aliphatic carbocycles. The Morgan fingerprint density at radius 3 is 2.32 bits per heavy atom. The molecule has 1 rings (SSSR count). The molecule has 0 fully saturated rings. The van der Waals surface area contributed by atoms with Gasteiger partial charge in [-0.1, -0.05) is 30.3 Å². The molecule has 4 N–H and O–H groups in total. The summed E-state index contributed by atoms with van der Waals surface area (Å²) in [7, 11) is 0. The average Bonchev–Trinajstić information content (AvgIpc) is 2.35. The van der Waals surface area contributed by atoms with Gasteiger partial charge in [0, 0.05) is 0 Å². The van der Waals surface area contributed by atoms with Crippen LogP contribution in [0.5, 0.6) is 0 Å². The molecule has 1 unspecified atom stereocenters. The van der Waals surface area contributed by atoms with Crippen molar-refractivity contribution in [1.29, 1.82) is 0 Å². The highest BCUT2D eigenvalue weighted by Gasteiger charge is 2.55. The molecule has 1 aromatic carbocycles. The Labute approximate surface area is 108 Å². The molecule has 4 nitrogen and oxygen atoms in total. The number of nitrogens with one attached hydrogen (secondary N) is 1. The Hall–Kier alpha value is -1.60. The van der Waals surface area contributed by atoms with Gasteiger partial charge in [0.25, 0.3) is 0 Å². The maximum Gasteiger partial charge on any atom is 0.423 e. The number of alkyl halides is 3. The molecule has 19 heavy (non-hydrogen) atoms. The van der Waals surface area contributed by atoms with E-state index in [9.17, 15) is 23.1 Å². The number of aliphatic hydroxyl groups is 1. The summed E-state index contributed by atoms with van der Waals surface area (Å²) in [6, 6.07) is 5.62. The molecular formula is C12H15F3N2O2. The zero-order valence-corrected chi connectivity index (χ0v) is 10.2. The number of hydrogen-bond donors (Lipinski definition) is 3. The van der Waals surface area contributed by atoms with Gasteiger partial charge in [0.05, 0.1) is 12.6 Å². The van der Waals surface area contributed by atoms with Crippen molar-refractivity contribution in [3.05, 3.63) is 35.9 Å². The third kappa shape index (κ3) is 3.45. The summed E-state index contributed by atoms with van der Waals surface area (Å²) >= 11 is 0. The lowest BCUT2D eigenvalue weighted by Gasteiger charge is -2.31. The van der Waals surface area contributed by atoms with E-state index in [1.807, 2.05) is 5.32 Å². The molecule has 0 aliphatic heterocycles. The number of rotatable bonds is 4. The highest BCUT2D eigenvalue weighted by Crippen LogP contribution is 2.38. The van der Waals surface area contributed by atoms with Crippen LogP contribution >= 0.6 is 0 Å². The number of benzene rings is 1. The quantitative estimate of drug-likeness (QED) is 0.765. The van der Waals surface area contributed by atoms with Gasteiger partial charge >= 0.3 is 6.18 Å². The van der Waals surface area contributed by atoms with Gasteiger partial charge in [0.2, 0.25) is 11.5 Å². The average molecular weight is 276 g/mol. The Kier molecular flexibility index (Phi) is 4.54. The molecule has 2 atom stereocenters. The maximum absolute atomic E-state index is 13.0. The number of hydrogen-bond acceptors (Lipinski definition) is 3. The van der Waals surface area contributed by atoms with Crippen molar-refractivity contribution in [2.24, 2.45) is 5.73 Å². The zero-order valence-electron chi connectivity index (χ0n) is 10.2. The predicted molar refractivity (Wildman–Crippen MR) is 63.1 cm³/mol. The second kappa shape index (κ2) is 5.58. The van der Waals surface area contributed by atoms with Crippen LogP contribution in [-0.2, 0) is 10.4 Å². The predicted octanol–water partition coefficient (Wildman–Crippen LogP) is 0.900. The van der Waals surface area contributed by atoms with E-state index in [1.54, 1.807) is 0 Å². The van der Waals surface area contributed by atoms with Crippen LogP contribution < -0.4 is 11.1 Å². The molecule has 0 radical (unpaired) electrons. The van der Waals surface area contributed by atoms with Gasteiger partial charge in [-0.2, -0.15) is 13.2 Å². The summed E-state index contributed by atoms with van der Waals surface area (Å²) in [5.41, 5.74) is 1.76. The number of halogens is 3. The molecule has 1 amide bonds. The number of amides is 1. The fourth-order valence-corrected chi connectivity index (χ4v) is 1.46. The molecule has 0 aromatic heterocycles. The second-order valence-electron chi connectivity index (χ2n) is 4.23. The monoisotopic (exact) mass is 276 g/mol. The number of carbonyl (C=O) groups excluding carboxylic acids is 1. The molecule has 0 saturated carbocycles. The number of nitrogens with two attached hydrogens (primary N) is 1. The first-order valence-corrected chi connectivity index (χ1v) is 5.56. The fourth-order valence-electron chi connectivity index (χ4n) is 1.46. The molecule has 0 heterocycles. The van der Waals surface area contributed by atoms with Crippen LogP contribution in [-0.4, -0.2) is 29.8 Å². The third-order valence-electron chi connectivity index (χ3n) is 2.65. The highest BCUT2D eigenvalue weighted by atomic mass is 19.4. The van der Waals surface area contributed by atoms with Crippen LogP contribution in [0.25, 0.3) is 0 Å². The first kappa shape index (κ1) is 15.5. The Balaban J connectivity index is 2.99. The van der Waals surface area contributed by atoms with Crippen molar-refractivity contribution in [2.45, 2.75) is 24.7 Å². The van der Waals surface area contributed by atoms with Crippen LogP contribution in [0.15, 0.2) is 30.3 Å². The van der Waals surface area contributed by atoms with Crippen LogP contribution in [0.2, 0.25) is 0 Å². The van der Waals surface area contributed by atoms with E-state index in [4.69, 9.17) is 5.73 Å². The summed E-state index contributed by atoms with van der Waals surface area (Å²) in [6.07, 6.45) is -4.92. The molecule has 0 bridgehead atoms. The maximum atomic E-state index is 13.0. The second-order valence-corrected chi connectivity index (χ2v) is 4.23. The Morgan fingerprint density at radius 2 is 1.89 bits per heavy atom. The first-order valence-electron chi connectivity index (χ1n) is 5.56. The summed E-state index contributed by atoms with van der Waals surface area (Å²) in [4.78, 5) is 11.2. The lowest BCUT2D eigenvalue weighted by atomic mass is 9.93. The summed E-state index contributed by atoms with van der Waals surface area (Å²) < 4.78 is 39.0. The van der Waals surface area contributed by atoms with E-state index >= 15 is 0 Å². The van der Waals surface area contributed by atoms with Crippen molar-refractivity contribution in [3.63, 3.8) is 0 Å². The van der Waals surface area contributed by atoms with Gasteiger partial charge in [-0.25, -0.2) is 0 Å². The van der Waals surface area contributed by atoms with Crippen molar-refractivity contribution in [1.82, 2.24) is 5.32 Å². The third-order valence-corrected chi connectivity index (χ3v) is 2.65. The minimum atomic E-state index is -4.92. The van der Waals surface area contributed by atoms with Gasteiger partial charge in [-0.05, 0) is 12.5 Å². The smallest absolute Gasteiger partial charge is 0.375 e. The van der Waals surface area contributed by atoms with Crippen molar-refractivity contribution >= 4 is 5.91 Å². The van der Waals surface area contributed by atoms with Crippen LogP contribution in [0.1, 0.15) is 12.5 Å². The van der Waals surface area contributed by atoms with Crippen LogP contribution in [0, 0.1) is 0 Å². The van der Waals surface area contributed by atoms with E-state index in [0.29, 0.717) is 0 Å². The summed E-state index contributed by atoms with van der Waals surface area (Å²) in [5.74, 6) is -0.765. The van der Waals surface area contributed by atoms with E-state index in [2.05, 4.69) is 0 Å². The molecule has 106 valence electrons. The molecule has 0 spiro atoms. The molecule has 0 saturated heterocycles. The van der Waals surface area contributed by atoms with Gasteiger partial charge in [0.1, 0.15) is 0 Å². The van der Waals surface area contributed by atoms with E-state index in [-0.39, 0.29) is 5.56 Å². The zero-order chi connectivity index (χ0) is 14.7. The van der Waals surface area contributed by atoms with Crippen molar-refractivity contribution < 1.29 is 23.1 Å². The van der Waals surface area contributed by atoms with Crippen molar-refractivity contribution in [3.8, 4) is 0 Å². The lowest BCUT2D eigenvalue weighted by Crippen LogP contribution is -2.53. The van der Waals surface area contributed by atoms with Crippen LogP contribution in [0.4, 0.5) is 13.2 Å². The first-order chi connectivity index (χ1) is 8.68. The number of carbonyl (C=O) groups is 1. The molecule has 0 aliphatic rings. The van der Waals surface area contributed by atoms with Crippen molar-refractivity contribution in [2.75, 3.05) is 6.54 Å². The normalized spacial score (nSPS) is 16.5. The Bertz CT molecular complexity index is 434. The van der Waals surface area contributed by atoms with Gasteiger partial charge < -0.3 is 16.2 Å². The topological polar surface area (TPSA) is 75.4 Å². The highest BCUT2D eigenvalue weighted by molar-refractivity contribution is 5.81. The fraction of sp³-hybridized carbons (Fsp3) is 0.417. The largest absolute Gasteiger partial charge is 0.423 e. The Morgan fingerprint density at radius 1 is 1.37 bits per heavy atom. The van der Waals surface area contributed by atoms with E-state index in [0.717, 1.165) is 12.1 Å². The van der Waals surface area contributed by atoms with Gasteiger partial charge in [0.15, 0.2) is 0 Å². The van der Waals surface area contributed by atoms with Crippen LogP contribution in [0.3, 0.4) is 0 Å². The minimum absolute atomic E-state index is 0.340. The van der Waals surface area contributed by atoms with Gasteiger partial charge in [-0.15, -0.1) is 0 Å². The van der Waals surface area contributed by atoms with E-state index < -0.39 is 30.3 Å². The molecule has 1 aromatic rings. The SMILES string of the molecule is C[C@H](N)C(=O)NCC(O)(c1ccccc1)C(F)(F)F. The minimum Gasteiger partial charge on any atom is -0.375 e. The van der Waals surface area contributed by atoms with E-state index in [1.165, 1.54) is 25.1 Å². The summed E-state index contributed by atoms with van der Waals surface area (Å²) in [5, 5.41) is 11.9. The standard InChI is InChI=1S/C12H15F3N2O2/c1-8(16)10(18)17-7-11(19,12(13,14)15)9-5-3-2-4-6-9/h2-6,8,19H,7,16H2,1H3,(H,17,18)/t8-,11?/m0/s1. The lowest BCUT2D eigenvalue weighted by molar-refractivity contribution is -0.264. The summed E-state index contributed by atoms with van der Waals surface area (Å²) in [6.45, 7) is 0.353. The molecule has 7 heteroatoms. The molecular weight excluding hydrogens is 261 g/mol.